The average Bonchev–Trinajstić information content (AvgIpc) is 3.23. The summed E-state index contributed by atoms with van der Waals surface area (Å²) in [5.74, 6) is 2.79. The molecule has 1 aromatic carbocycles. The van der Waals surface area contributed by atoms with Crippen molar-refractivity contribution in [3.63, 3.8) is 0 Å². The summed E-state index contributed by atoms with van der Waals surface area (Å²) in [6.45, 7) is 2.39. The molecule has 2 unspecified atom stereocenters. The zero-order valence-electron chi connectivity index (χ0n) is 12.6. The zero-order chi connectivity index (χ0) is 15.6. The van der Waals surface area contributed by atoms with Crippen LogP contribution in [0.3, 0.4) is 0 Å². The molecule has 4 heteroatoms. The van der Waals surface area contributed by atoms with Gasteiger partial charge in [0.25, 0.3) is 0 Å². The second-order valence-corrected chi connectivity index (χ2v) is 6.66. The lowest BCUT2D eigenvalue weighted by Gasteiger charge is -2.40. The summed E-state index contributed by atoms with van der Waals surface area (Å²) in [6, 6.07) is 5.15. The first-order valence-electron chi connectivity index (χ1n) is 7.35. The van der Waals surface area contributed by atoms with Crippen molar-refractivity contribution in [2.45, 2.75) is 36.9 Å². The van der Waals surface area contributed by atoms with Gasteiger partial charge in [0.2, 0.25) is 0 Å². The number of rotatable bonds is 6. The third kappa shape index (κ3) is 3.47. The van der Waals surface area contributed by atoms with Crippen LogP contribution in [0.15, 0.2) is 18.2 Å². The molecule has 0 saturated heterocycles. The maximum atomic E-state index is 14.1. The first-order chi connectivity index (χ1) is 9.91. The summed E-state index contributed by atoms with van der Waals surface area (Å²) in [5, 5.41) is 0. The minimum absolute atomic E-state index is 0.186. The Balaban J connectivity index is 2.39. The minimum Gasteiger partial charge on any atom is -0.288 e. The highest BCUT2D eigenvalue weighted by molar-refractivity contribution is 7.83. The smallest absolute Gasteiger partial charge is 0.126 e. The number of terminal acetylenes is 1. The van der Waals surface area contributed by atoms with Gasteiger partial charge in [0, 0.05) is 6.04 Å². The molecule has 0 bridgehead atoms. The Labute approximate surface area is 134 Å². The van der Waals surface area contributed by atoms with Gasteiger partial charge in [-0.2, -0.15) is 12.6 Å². The molecular formula is C17H21BFNS. The molecule has 1 aliphatic rings. The van der Waals surface area contributed by atoms with Crippen molar-refractivity contribution in [3.8, 4) is 12.3 Å². The van der Waals surface area contributed by atoms with Gasteiger partial charge in [-0.3, -0.25) is 4.90 Å². The molecule has 110 valence electrons. The summed E-state index contributed by atoms with van der Waals surface area (Å²) in [5.41, 5.74) is 1.55. The molecule has 0 amide bonds. The summed E-state index contributed by atoms with van der Waals surface area (Å²) < 4.78 is 13.4. The molecule has 2 atom stereocenters. The van der Waals surface area contributed by atoms with Gasteiger partial charge < -0.3 is 0 Å². The van der Waals surface area contributed by atoms with Crippen molar-refractivity contribution in [1.82, 2.24) is 4.90 Å². The Bertz CT molecular complexity index is 548. The predicted octanol–water partition coefficient (Wildman–Crippen LogP) is 3.20. The third-order valence-electron chi connectivity index (χ3n) is 4.22. The van der Waals surface area contributed by atoms with Crippen LogP contribution in [-0.2, 0) is 6.42 Å². The first kappa shape index (κ1) is 16.5. The van der Waals surface area contributed by atoms with E-state index in [2.05, 4.69) is 5.92 Å². The maximum Gasteiger partial charge on any atom is 0.126 e. The van der Waals surface area contributed by atoms with Crippen molar-refractivity contribution in [3.05, 3.63) is 35.1 Å². The van der Waals surface area contributed by atoms with E-state index in [9.17, 15) is 4.39 Å². The maximum absolute atomic E-state index is 14.1. The van der Waals surface area contributed by atoms with Crippen LogP contribution < -0.4 is 0 Å². The van der Waals surface area contributed by atoms with E-state index in [1.165, 1.54) is 0 Å². The molecule has 0 spiro atoms. The molecule has 1 aromatic rings. The highest BCUT2D eigenvalue weighted by Gasteiger charge is 2.45. The molecule has 0 heterocycles. The summed E-state index contributed by atoms with van der Waals surface area (Å²) in [7, 11) is 8.39. The molecule has 1 nitrogen and oxygen atoms in total. The van der Waals surface area contributed by atoms with Crippen molar-refractivity contribution in [2.75, 3.05) is 13.6 Å². The number of hydrogen-bond donors (Lipinski definition) is 1. The van der Waals surface area contributed by atoms with E-state index in [0.29, 0.717) is 24.4 Å². The fraction of sp³-hybridized carbons (Fsp3) is 0.529. The van der Waals surface area contributed by atoms with Crippen molar-refractivity contribution in [1.29, 1.82) is 0 Å². The molecule has 21 heavy (non-hydrogen) atoms. The van der Waals surface area contributed by atoms with Crippen molar-refractivity contribution >= 4 is 20.5 Å². The van der Waals surface area contributed by atoms with Gasteiger partial charge in [0.05, 0.1) is 14.4 Å². The largest absolute Gasteiger partial charge is 0.288 e. The number of benzene rings is 1. The SMILES string of the molecule is [B]C(S)(C1CC1)C(c1ccc(CC)c(F)c1)N(C)CC#C. The lowest BCUT2D eigenvalue weighted by Crippen LogP contribution is -2.43. The van der Waals surface area contributed by atoms with E-state index in [0.717, 1.165) is 18.4 Å². The summed E-state index contributed by atoms with van der Waals surface area (Å²) >= 11 is 4.71. The summed E-state index contributed by atoms with van der Waals surface area (Å²) in [4.78, 5) is 1.98. The van der Waals surface area contributed by atoms with E-state index in [1.54, 1.807) is 6.07 Å². The molecule has 2 radical (unpaired) electrons. The van der Waals surface area contributed by atoms with Crippen LogP contribution in [0.2, 0.25) is 0 Å². The van der Waals surface area contributed by atoms with Gasteiger partial charge in [0.1, 0.15) is 5.82 Å². The minimum atomic E-state index is -0.703. The summed E-state index contributed by atoms with van der Waals surface area (Å²) in [6.07, 6.45) is 8.23. The fourth-order valence-electron chi connectivity index (χ4n) is 2.90. The number of aryl methyl sites for hydroxylation is 1. The lowest BCUT2D eigenvalue weighted by atomic mass is 9.72. The topological polar surface area (TPSA) is 3.24 Å². The Morgan fingerprint density at radius 1 is 1.57 bits per heavy atom. The van der Waals surface area contributed by atoms with Crippen molar-refractivity contribution < 1.29 is 4.39 Å². The third-order valence-corrected chi connectivity index (χ3v) is 4.83. The van der Waals surface area contributed by atoms with Crippen LogP contribution in [-0.4, -0.2) is 31.0 Å². The monoisotopic (exact) mass is 301 g/mol. The van der Waals surface area contributed by atoms with E-state index < -0.39 is 4.65 Å². The number of halogens is 1. The van der Waals surface area contributed by atoms with Gasteiger partial charge in [-0.1, -0.05) is 25.0 Å². The van der Waals surface area contributed by atoms with Gasteiger partial charge in [-0.15, -0.1) is 6.42 Å². The normalized spacial score (nSPS) is 19.0. The Kier molecular flexibility index (Phi) is 5.06. The lowest BCUT2D eigenvalue weighted by molar-refractivity contribution is 0.242. The van der Waals surface area contributed by atoms with Crippen LogP contribution in [0.1, 0.15) is 36.9 Å². The van der Waals surface area contributed by atoms with E-state index in [4.69, 9.17) is 26.9 Å². The highest BCUT2D eigenvalue weighted by Crippen LogP contribution is 2.50. The zero-order valence-corrected chi connectivity index (χ0v) is 13.5. The van der Waals surface area contributed by atoms with E-state index in [1.807, 2.05) is 31.0 Å². The molecular weight excluding hydrogens is 280 g/mol. The molecule has 1 fully saturated rings. The van der Waals surface area contributed by atoms with Crippen molar-refractivity contribution in [2.24, 2.45) is 5.92 Å². The quantitative estimate of drug-likeness (QED) is 0.480. The Morgan fingerprint density at radius 3 is 2.71 bits per heavy atom. The van der Waals surface area contributed by atoms with Gasteiger partial charge >= 0.3 is 0 Å². The molecule has 0 aromatic heterocycles. The van der Waals surface area contributed by atoms with Crippen LogP contribution in [0, 0.1) is 24.1 Å². The van der Waals surface area contributed by atoms with Crippen LogP contribution in [0.5, 0.6) is 0 Å². The van der Waals surface area contributed by atoms with Gasteiger partial charge in [-0.05, 0) is 54.1 Å². The van der Waals surface area contributed by atoms with E-state index in [-0.39, 0.29) is 11.9 Å². The number of hydrogen-bond acceptors (Lipinski definition) is 2. The van der Waals surface area contributed by atoms with Crippen LogP contribution in [0.4, 0.5) is 4.39 Å². The highest BCUT2D eigenvalue weighted by atomic mass is 32.1. The molecule has 1 aliphatic carbocycles. The second-order valence-electron chi connectivity index (χ2n) is 5.89. The molecule has 0 aliphatic heterocycles. The Hall–Kier alpha value is -0.915. The van der Waals surface area contributed by atoms with E-state index >= 15 is 0 Å². The standard InChI is InChI=1S/C17H21BFNS/c1-4-10-20(3)16(17(18,21)14-8-9-14)13-7-6-12(5-2)15(19)11-13/h1,6-7,11,14,16,21H,5,8-10H2,2-3H3. The average molecular weight is 301 g/mol. The number of nitrogens with zero attached hydrogens (tertiary/aromatic N) is 1. The van der Waals surface area contributed by atoms with Crippen LogP contribution in [0.25, 0.3) is 0 Å². The van der Waals surface area contributed by atoms with Gasteiger partial charge in [-0.25, -0.2) is 4.39 Å². The molecule has 2 rings (SSSR count). The first-order valence-corrected chi connectivity index (χ1v) is 7.79. The Morgan fingerprint density at radius 2 is 2.24 bits per heavy atom. The predicted molar refractivity (Wildman–Crippen MR) is 90.2 cm³/mol. The second kappa shape index (κ2) is 6.46. The molecule has 0 N–H and O–H groups in total. The fourth-order valence-corrected chi connectivity index (χ4v) is 3.50. The van der Waals surface area contributed by atoms with Crippen LogP contribution >= 0.6 is 12.6 Å². The van der Waals surface area contributed by atoms with Gasteiger partial charge in [0.15, 0.2) is 0 Å². The molecule has 1 saturated carbocycles. The number of thiol groups is 1.